The van der Waals surface area contributed by atoms with E-state index in [4.69, 9.17) is 15.9 Å². The molecule has 3 N–H and O–H groups in total. The number of aromatic nitrogens is 3. The Morgan fingerprint density at radius 2 is 1.88 bits per heavy atom. The number of benzene rings is 1. The van der Waals surface area contributed by atoms with Crippen LogP contribution in [0.3, 0.4) is 0 Å². The maximum absolute atomic E-state index is 8.53. The zero-order valence-corrected chi connectivity index (χ0v) is 13.6. The fraction of sp³-hybridized carbons (Fsp3) is 0.222. The first-order chi connectivity index (χ1) is 12.2. The van der Waals surface area contributed by atoms with Crippen LogP contribution < -0.4 is 10.6 Å². The Kier molecular flexibility index (Phi) is 3.99. The number of anilines is 2. The third-order valence-electron chi connectivity index (χ3n) is 4.20. The summed E-state index contributed by atoms with van der Waals surface area (Å²) in [6.45, 7) is 2.78. The Balaban J connectivity index is 1.85. The Hall–Kier alpha value is -3.06. The molecule has 0 radical (unpaired) electrons. The van der Waals surface area contributed by atoms with Gasteiger partial charge in [-0.2, -0.15) is 0 Å². The molecule has 0 atom stereocenters. The van der Waals surface area contributed by atoms with Crippen molar-refractivity contribution in [1.29, 1.82) is 5.41 Å². The fourth-order valence-corrected chi connectivity index (χ4v) is 2.90. The molecule has 1 aromatic carbocycles. The molecule has 25 heavy (non-hydrogen) atoms. The molecule has 0 unspecified atom stereocenters. The molecule has 3 heterocycles. The molecule has 7 nitrogen and oxygen atoms in total. The lowest BCUT2D eigenvalue weighted by molar-refractivity contribution is 0.122. The minimum Gasteiger partial charge on any atom is -0.398 e. The summed E-state index contributed by atoms with van der Waals surface area (Å²) in [5, 5.41) is 8.53. The minimum absolute atomic E-state index is 0.207. The lowest BCUT2D eigenvalue weighted by Gasteiger charge is -2.28. The summed E-state index contributed by atoms with van der Waals surface area (Å²) in [7, 11) is 0. The molecule has 1 aliphatic heterocycles. The van der Waals surface area contributed by atoms with Crippen molar-refractivity contribution >= 4 is 28.3 Å². The molecule has 0 saturated carbocycles. The van der Waals surface area contributed by atoms with Crippen molar-refractivity contribution in [2.75, 3.05) is 36.9 Å². The molecule has 1 saturated heterocycles. The van der Waals surface area contributed by atoms with E-state index in [1.54, 1.807) is 12.3 Å². The van der Waals surface area contributed by atoms with Crippen molar-refractivity contribution in [1.82, 2.24) is 15.0 Å². The Morgan fingerprint density at radius 3 is 2.68 bits per heavy atom. The summed E-state index contributed by atoms with van der Waals surface area (Å²) < 4.78 is 5.43. The standard InChI is InChI=1S/C18H18N6O/c19-13-5-2-1-4-12(13)15(20)17-22-14-6-3-7-21-16(14)18(23-17)24-8-10-25-11-9-24/h1-7,20H,8-11,19H2. The third kappa shape index (κ3) is 2.89. The van der Waals surface area contributed by atoms with Crippen molar-refractivity contribution in [2.45, 2.75) is 0 Å². The summed E-state index contributed by atoms with van der Waals surface area (Å²) >= 11 is 0. The number of para-hydroxylation sites is 1. The predicted molar refractivity (Wildman–Crippen MR) is 97.2 cm³/mol. The van der Waals surface area contributed by atoms with Gasteiger partial charge in [0.15, 0.2) is 11.6 Å². The van der Waals surface area contributed by atoms with Crippen LogP contribution in [0.15, 0.2) is 42.6 Å². The van der Waals surface area contributed by atoms with Crippen LogP contribution >= 0.6 is 0 Å². The second-order valence-corrected chi connectivity index (χ2v) is 5.80. The van der Waals surface area contributed by atoms with Gasteiger partial charge in [0.25, 0.3) is 0 Å². The number of nitrogens with one attached hydrogen (secondary N) is 1. The van der Waals surface area contributed by atoms with Crippen molar-refractivity contribution < 1.29 is 4.74 Å². The maximum atomic E-state index is 8.53. The van der Waals surface area contributed by atoms with Gasteiger partial charge in [0, 0.05) is 30.5 Å². The summed E-state index contributed by atoms with van der Waals surface area (Å²) in [4.78, 5) is 15.8. The average molecular weight is 334 g/mol. The van der Waals surface area contributed by atoms with E-state index in [0.717, 1.165) is 24.4 Å². The van der Waals surface area contributed by atoms with Crippen LogP contribution in [0, 0.1) is 5.41 Å². The number of nitrogens with zero attached hydrogens (tertiary/aromatic N) is 4. The molecular formula is C18H18N6O. The van der Waals surface area contributed by atoms with Gasteiger partial charge >= 0.3 is 0 Å². The van der Waals surface area contributed by atoms with Crippen molar-refractivity contribution in [3.05, 3.63) is 54.0 Å². The molecule has 7 heteroatoms. The van der Waals surface area contributed by atoms with Gasteiger partial charge in [-0.3, -0.25) is 10.4 Å². The molecular weight excluding hydrogens is 316 g/mol. The second kappa shape index (κ2) is 6.45. The van der Waals surface area contributed by atoms with Gasteiger partial charge in [-0.1, -0.05) is 18.2 Å². The first-order valence-electron chi connectivity index (χ1n) is 8.13. The molecule has 4 rings (SSSR count). The van der Waals surface area contributed by atoms with Gasteiger partial charge in [0.2, 0.25) is 0 Å². The van der Waals surface area contributed by atoms with Gasteiger partial charge < -0.3 is 15.4 Å². The number of nitrogens with two attached hydrogens (primary N) is 1. The van der Waals surface area contributed by atoms with Gasteiger partial charge in [-0.25, -0.2) is 9.97 Å². The fourth-order valence-electron chi connectivity index (χ4n) is 2.90. The van der Waals surface area contributed by atoms with E-state index in [1.807, 2.05) is 30.3 Å². The van der Waals surface area contributed by atoms with Gasteiger partial charge in [0.05, 0.1) is 18.7 Å². The summed E-state index contributed by atoms with van der Waals surface area (Å²) in [6.07, 6.45) is 1.73. The number of ether oxygens (including phenoxy) is 1. The lowest BCUT2D eigenvalue weighted by Crippen LogP contribution is -2.37. The Bertz CT molecular complexity index is 936. The smallest absolute Gasteiger partial charge is 0.180 e. The predicted octanol–water partition coefficient (Wildman–Crippen LogP) is 1.86. The van der Waals surface area contributed by atoms with Crippen LogP contribution in [0.25, 0.3) is 11.0 Å². The first kappa shape index (κ1) is 15.5. The van der Waals surface area contributed by atoms with Gasteiger partial charge in [-0.15, -0.1) is 0 Å². The number of hydrogen-bond acceptors (Lipinski definition) is 7. The summed E-state index contributed by atoms with van der Waals surface area (Å²) in [5.74, 6) is 1.09. The highest BCUT2D eigenvalue weighted by atomic mass is 16.5. The number of nitrogen functional groups attached to an aromatic ring is 1. The molecule has 0 amide bonds. The van der Waals surface area contributed by atoms with Gasteiger partial charge in [0.1, 0.15) is 11.2 Å². The maximum Gasteiger partial charge on any atom is 0.180 e. The van der Waals surface area contributed by atoms with E-state index in [-0.39, 0.29) is 5.71 Å². The number of morpholine rings is 1. The van der Waals surface area contributed by atoms with E-state index in [2.05, 4.69) is 19.9 Å². The van der Waals surface area contributed by atoms with E-state index < -0.39 is 0 Å². The van der Waals surface area contributed by atoms with E-state index in [9.17, 15) is 0 Å². The number of hydrogen-bond donors (Lipinski definition) is 2. The van der Waals surface area contributed by atoms with E-state index >= 15 is 0 Å². The lowest BCUT2D eigenvalue weighted by atomic mass is 10.1. The molecule has 0 spiro atoms. The molecule has 126 valence electrons. The van der Waals surface area contributed by atoms with E-state index in [1.165, 1.54) is 0 Å². The first-order valence-corrected chi connectivity index (χ1v) is 8.13. The summed E-state index contributed by atoms with van der Waals surface area (Å²) in [6, 6.07) is 11.0. The minimum atomic E-state index is 0.207. The molecule has 3 aromatic rings. The third-order valence-corrected chi connectivity index (χ3v) is 4.20. The second-order valence-electron chi connectivity index (χ2n) is 5.80. The Morgan fingerprint density at radius 1 is 1.08 bits per heavy atom. The van der Waals surface area contributed by atoms with E-state index in [0.29, 0.717) is 35.8 Å². The monoisotopic (exact) mass is 334 g/mol. The molecule has 1 aliphatic rings. The highest BCUT2D eigenvalue weighted by Gasteiger charge is 2.20. The van der Waals surface area contributed by atoms with Crippen LogP contribution in [0.5, 0.6) is 0 Å². The quantitative estimate of drug-likeness (QED) is 0.560. The SMILES string of the molecule is N=C(c1nc(N2CCOCC2)c2ncccc2n1)c1ccccc1N. The van der Waals surface area contributed by atoms with Crippen molar-refractivity contribution in [2.24, 2.45) is 0 Å². The zero-order valence-electron chi connectivity index (χ0n) is 13.6. The van der Waals surface area contributed by atoms with Gasteiger partial charge in [-0.05, 0) is 18.2 Å². The van der Waals surface area contributed by atoms with Crippen molar-refractivity contribution in [3.8, 4) is 0 Å². The topological polar surface area (TPSA) is 101 Å². The molecule has 0 bridgehead atoms. The van der Waals surface area contributed by atoms with Crippen molar-refractivity contribution in [3.63, 3.8) is 0 Å². The number of fused-ring (bicyclic) bond motifs is 1. The molecule has 1 fully saturated rings. The number of pyridine rings is 1. The Labute approximate surface area is 145 Å². The van der Waals surface area contributed by atoms with Crippen LogP contribution in [0.2, 0.25) is 0 Å². The molecule has 0 aliphatic carbocycles. The van der Waals surface area contributed by atoms with Crippen LogP contribution in [0.1, 0.15) is 11.4 Å². The zero-order chi connectivity index (χ0) is 17.2. The van der Waals surface area contributed by atoms with Crippen LogP contribution in [0.4, 0.5) is 11.5 Å². The highest BCUT2D eigenvalue weighted by molar-refractivity contribution is 6.12. The normalized spacial score (nSPS) is 14.6. The highest BCUT2D eigenvalue weighted by Crippen LogP contribution is 2.24. The summed E-state index contributed by atoms with van der Waals surface area (Å²) in [5.41, 5.74) is 8.84. The largest absolute Gasteiger partial charge is 0.398 e. The number of rotatable bonds is 3. The van der Waals surface area contributed by atoms with Crippen LogP contribution in [-0.2, 0) is 4.74 Å². The van der Waals surface area contributed by atoms with Crippen LogP contribution in [-0.4, -0.2) is 47.0 Å². The average Bonchev–Trinajstić information content (AvgIpc) is 2.67. The molecule has 2 aromatic heterocycles.